The average molecular weight is 484 g/mol. The fraction of sp³-hybridized carbons (Fsp3) is 0.333. The van der Waals surface area contributed by atoms with E-state index in [1.54, 1.807) is 31.3 Å². The van der Waals surface area contributed by atoms with Gasteiger partial charge < -0.3 is 4.90 Å². The Morgan fingerprint density at radius 2 is 1.66 bits per heavy atom. The van der Waals surface area contributed by atoms with Crippen LogP contribution in [0.4, 0.5) is 17.1 Å². The van der Waals surface area contributed by atoms with E-state index >= 15 is 0 Å². The van der Waals surface area contributed by atoms with E-state index in [1.807, 2.05) is 36.9 Å². The van der Waals surface area contributed by atoms with Gasteiger partial charge in [0.1, 0.15) is 0 Å². The molecule has 0 saturated carbocycles. The quantitative estimate of drug-likeness (QED) is 0.402. The molecular formula is C21H29N3O6S2. The van der Waals surface area contributed by atoms with E-state index in [9.17, 15) is 16.8 Å². The van der Waals surface area contributed by atoms with Crippen LogP contribution < -0.4 is 4.90 Å². The van der Waals surface area contributed by atoms with Gasteiger partial charge in [0, 0.05) is 19.3 Å². The molecule has 0 bridgehead atoms. The number of nitrogens with zero attached hydrogens (tertiary/aromatic N) is 3. The molecule has 0 aromatic heterocycles. The molecule has 0 heterocycles. The van der Waals surface area contributed by atoms with Crippen molar-refractivity contribution in [3.8, 4) is 0 Å². The molecule has 32 heavy (non-hydrogen) atoms. The zero-order chi connectivity index (χ0) is 24.4. The summed E-state index contributed by atoms with van der Waals surface area (Å²) in [6.07, 6.45) is 0.629. The molecule has 0 aliphatic carbocycles. The first-order valence-corrected chi connectivity index (χ1v) is 12.6. The van der Waals surface area contributed by atoms with E-state index in [-0.39, 0.29) is 12.4 Å². The molecule has 2 aromatic carbocycles. The second kappa shape index (κ2) is 12.4. The van der Waals surface area contributed by atoms with E-state index in [4.69, 9.17) is 4.55 Å². The first-order valence-electron chi connectivity index (χ1n) is 9.63. The summed E-state index contributed by atoms with van der Waals surface area (Å²) in [5.41, 5.74) is 3.37. The van der Waals surface area contributed by atoms with Gasteiger partial charge in [0.15, 0.2) is 9.84 Å². The molecule has 176 valence electrons. The smallest absolute Gasteiger partial charge is 0.372 e. The molecule has 0 spiro atoms. The molecule has 0 aliphatic rings. The summed E-state index contributed by atoms with van der Waals surface area (Å²) in [6, 6.07) is 12.0. The highest BCUT2D eigenvalue weighted by Gasteiger charge is 2.12. The first kappa shape index (κ1) is 27.4. The van der Waals surface area contributed by atoms with E-state index < -0.39 is 20.2 Å². The van der Waals surface area contributed by atoms with Crippen molar-refractivity contribution in [2.45, 2.75) is 25.2 Å². The third-order valence-corrected chi connectivity index (χ3v) is 6.70. The van der Waals surface area contributed by atoms with E-state index in [0.29, 0.717) is 23.5 Å². The Hall–Kier alpha value is -2.60. The number of aryl methyl sites for hydroxylation is 1. The molecule has 11 heteroatoms. The van der Waals surface area contributed by atoms with Crippen LogP contribution in [0, 0.1) is 6.92 Å². The summed E-state index contributed by atoms with van der Waals surface area (Å²) >= 11 is 0. The summed E-state index contributed by atoms with van der Waals surface area (Å²) in [5, 5.41) is 0. The van der Waals surface area contributed by atoms with Crippen LogP contribution in [-0.2, 0) is 24.4 Å². The van der Waals surface area contributed by atoms with Crippen LogP contribution in [0.5, 0.6) is 0 Å². The zero-order valence-corrected chi connectivity index (χ0v) is 20.1. The lowest BCUT2D eigenvalue weighted by Gasteiger charge is -2.19. The Morgan fingerprint density at radius 3 is 2.12 bits per heavy atom. The minimum Gasteiger partial charge on any atom is -0.372 e. The highest BCUT2D eigenvalue weighted by Crippen LogP contribution is 2.23. The van der Waals surface area contributed by atoms with Gasteiger partial charge in [0.2, 0.25) is 0 Å². The number of rotatable bonds is 10. The molecule has 0 saturated heterocycles. The molecule has 2 rings (SSSR count). The van der Waals surface area contributed by atoms with Crippen molar-refractivity contribution < 1.29 is 25.6 Å². The Bertz CT molecular complexity index is 1110. The van der Waals surface area contributed by atoms with Gasteiger partial charge in [-0.05, 0) is 74.8 Å². The van der Waals surface area contributed by atoms with Crippen molar-refractivity contribution in [1.82, 2.24) is 0 Å². The van der Waals surface area contributed by atoms with Crippen LogP contribution in [0.2, 0.25) is 0 Å². The second-order valence-electron chi connectivity index (χ2n) is 6.77. The van der Waals surface area contributed by atoms with Crippen molar-refractivity contribution in [1.29, 1.82) is 0 Å². The summed E-state index contributed by atoms with van der Waals surface area (Å²) in [6.45, 7) is 10.8. The fourth-order valence-corrected chi connectivity index (χ4v) is 4.22. The number of aliphatic imine (C=N–C) groups is 2. The van der Waals surface area contributed by atoms with Gasteiger partial charge in [-0.15, -0.1) is 0 Å². The standard InChI is InChI=1S/C11H16N2O4S.C10H13NO2S/c1-9-8-10(4-5-11(9)12-2)13(3)6-7-17-18(14,15)16;1-3-8-14(12,13)10-6-4-9(11-2)5-7-10/h4-5,8H,2,6-7H2,1,3H3,(H,14,15,16);4-7H,2-3,8H2,1H3. The highest BCUT2D eigenvalue weighted by atomic mass is 32.3. The van der Waals surface area contributed by atoms with Gasteiger partial charge in [-0.2, -0.15) is 8.42 Å². The van der Waals surface area contributed by atoms with Crippen molar-refractivity contribution in [3.63, 3.8) is 0 Å². The lowest BCUT2D eigenvalue weighted by molar-refractivity contribution is 0.274. The summed E-state index contributed by atoms with van der Waals surface area (Å²) in [7, 11) is -5.67. The number of likely N-dealkylation sites (N-methyl/N-ethyl adjacent to an activating group) is 1. The maximum atomic E-state index is 11.6. The molecule has 0 aliphatic heterocycles. The topological polar surface area (TPSA) is 126 Å². The minimum atomic E-state index is -4.37. The van der Waals surface area contributed by atoms with Gasteiger partial charge in [-0.3, -0.25) is 14.5 Å². The van der Waals surface area contributed by atoms with Crippen molar-refractivity contribution >= 4 is 50.7 Å². The molecule has 9 nitrogen and oxygen atoms in total. The zero-order valence-electron chi connectivity index (χ0n) is 18.4. The summed E-state index contributed by atoms with van der Waals surface area (Å²) < 4.78 is 56.6. The summed E-state index contributed by atoms with van der Waals surface area (Å²) in [4.78, 5) is 9.72. The molecule has 0 fully saturated rings. The minimum absolute atomic E-state index is 0.115. The van der Waals surface area contributed by atoms with E-state index in [2.05, 4.69) is 27.6 Å². The fourth-order valence-electron chi connectivity index (χ4n) is 2.61. The molecule has 0 unspecified atom stereocenters. The van der Waals surface area contributed by atoms with Crippen LogP contribution in [0.15, 0.2) is 57.3 Å². The lowest BCUT2D eigenvalue weighted by atomic mass is 10.1. The average Bonchev–Trinajstić information content (AvgIpc) is 2.73. The second-order valence-corrected chi connectivity index (χ2v) is 9.97. The molecule has 1 N–H and O–H groups in total. The number of anilines is 1. The monoisotopic (exact) mass is 483 g/mol. The van der Waals surface area contributed by atoms with Gasteiger partial charge in [-0.1, -0.05) is 6.92 Å². The van der Waals surface area contributed by atoms with Crippen LogP contribution in [0.3, 0.4) is 0 Å². The Kier molecular flexibility index (Phi) is 10.7. The Balaban J connectivity index is 0.000000330. The lowest BCUT2D eigenvalue weighted by Crippen LogP contribution is -2.23. The van der Waals surface area contributed by atoms with Crippen molar-refractivity contribution in [3.05, 3.63) is 48.0 Å². The number of sulfone groups is 1. The van der Waals surface area contributed by atoms with Crippen LogP contribution >= 0.6 is 0 Å². The predicted octanol–water partition coefficient (Wildman–Crippen LogP) is 3.79. The third kappa shape index (κ3) is 9.27. The Morgan fingerprint density at radius 1 is 1.03 bits per heavy atom. The number of hydrogen-bond acceptors (Lipinski definition) is 8. The number of benzene rings is 2. The van der Waals surface area contributed by atoms with Gasteiger partial charge >= 0.3 is 10.4 Å². The van der Waals surface area contributed by atoms with Gasteiger partial charge in [0.25, 0.3) is 0 Å². The van der Waals surface area contributed by atoms with Gasteiger partial charge in [-0.25, -0.2) is 12.6 Å². The van der Waals surface area contributed by atoms with Crippen molar-refractivity contribution in [2.24, 2.45) is 9.98 Å². The largest absolute Gasteiger partial charge is 0.397 e. The van der Waals surface area contributed by atoms with Crippen LogP contribution in [0.1, 0.15) is 18.9 Å². The molecule has 0 amide bonds. The Labute approximate surface area is 190 Å². The van der Waals surface area contributed by atoms with E-state index in [0.717, 1.165) is 16.9 Å². The summed E-state index contributed by atoms with van der Waals surface area (Å²) in [5.74, 6) is 0.188. The maximum Gasteiger partial charge on any atom is 0.397 e. The van der Waals surface area contributed by atoms with Crippen LogP contribution in [-0.4, -0.2) is 60.8 Å². The predicted molar refractivity (Wildman–Crippen MR) is 129 cm³/mol. The SMILES string of the molecule is C=Nc1ccc(N(C)CCOS(=O)(=O)O)cc1C.C=Nc1ccc(S(=O)(=O)CCC)cc1. The van der Waals surface area contributed by atoms with E-state index in [1.165, 1.54) is 0 Å². The first-order chi connectivity index (χ1) is 14.9. The highest BCUT2D eigenvalue weighted by molar-refractivity contribution is 7.91. The molecule has 2 aromatic rings. The molecular weight excluding hydrogens is 454 g/mol. The van der Waals surface area contributed by atoms with Crippen molar-refractivity contribution in [2.75, 3.05) is 30.9 Å². The molecule has 0 atom stereocenters. The normalized spacial score (nSPS) is 11.2. The maximum absolute atomic E-state index is 11.6. The number of hydrogen-bond donors (Lipinski definition) is 1. The third-order valence-electron chi connectivity index (χ3n) is 4.30. The van der Waals surface area contributed by atoms with Gasteiger partial charge in [0.05, 0.1) is 28.6 Å². The van der Waals surface area contributed by atoms with Crippen LogP contribution in [0.25, 0.3) is 0 Å². The molecule has 0 radical (unpaired) electrons.